The molecular weight excluding hydrogens is 585 g/mol. The number of benzene rings is 1. The first-order valence-electron chi connectivity index (χ1n) is 14.6. The third-order valence-electron chi connectivity index (χ3n) is 9.44. The van der Waals surface area contributed by atoms with Gasteiger partial charge in [0.05, 0.1) is 0 Å². The lowest BCUT2D eigenvalue weighted by Gasteiger charge is -2.52. The minimum Gasteiger partial charge on any atom is -0.459 e. The molecule has 3 aliphatic rings. The van der Waals surface area contributed by atoms with Gasteiger partial charge in [-0.25, -0.2) is 9.59 Å². The molecular formula is C32H39F3O9. The van der Waals surface area contributed by atoms with Crippen LogP contribution in [0.4, 0.5) is 13.2 Å². The van der Waals surface area contributed by atoms with Gasteiger partial charge in [-0.05, 0) is 65.2 Å². The summed E-state index contributed by atoms with van der Waals surface area (Å²) in [6.07, 6.45) is -6.92. The van der Waals surface area contributed by atoms with Gasteiger partial charge in [0.2, 0.25) is 0 Å². The van der Waals surface area contributed by atoms with Crippen molar-refractivity contribution in [2.24, 2.45) is 5.92 Å². The molecule has 4 rings (SSSR count). The van der Waals surface area contributed by atoms with Gasteiger partial charge < -0.3 is 23.7 Å². The van der Waals surface area contributed by atoms with Crippen molar-refractivity contribution in [3.63, 3.8) is 0 Å². The number of fused-ring (bicyclic) bond motifs is 5. The van der Waals surface area contributed by atoms with Crippen LogP contribution in [0.1, 0.15) is 78.2 Å². The van der Waals surface area contributed by atoms with E-state index in [-0.39, 0.29) is 56.3 Å². The van der Waals surface area contributed by atoms with Gasteiger partial charge in [-0.1, -0.05) is 36.9 Å². The van der Waals surface area contributed by atoms with E-state index >= 15 is 0 Å². The quantitative estimate of drug-likeness (QED) is 0.245. The SMILES string of the molecule is C=C1C(=O)O[C@]2(C)CC[C@@H]1C[C@H](OC(=O)[C@](OC)(c1ccccc1)C(F)(F)F)[C@@]1(C)CC[C@H](OC(C)=O)[C@@](C)(CCC2=O)O1. The summed E-state index contributed by atoms with van der Waals surface area (Å²) < 4.78 is 73.0. The second-order valence-corrected chi connectivity index (χ2v) is 12.5. The minimum absolute atomic E-state index is 0.0127. The van der Waals surface area contributed by atoms with Crippen LogP contribution in [-0.2, 0) is 48.5 Å². The van der Waals surface area contributed by atoms with Gasteiger partial charge in [-0.15, -0.1) is 0 Å². The van der Waals surface area contributed by atoms with Crippen molar-refractivity contribution in [1.29, 1.82) is 0 Å². The van der Waals surface area contributed by atoms with E-state index in [0.717, 1.165) is 19.2 Å². The lowest BCUT2D eigenvalue weighted by Crippen LogP contribution is -2.61. The van der Waals surface area contributed by atoms with Crippen molar-refractivity contribution < 1.29 is 56.0 Å². The minimum atomic E-state index is -5.22. The largest absolute Gasteiger partial charge is 0.459 e. The third kappa shape index (κ3) is 6.02. The van der Waals surface area contributed by atoms with Crippen LogP contribution in [0.5, 0.6) is 0 Å². The van der Waals surface area contributed by atoms with E-state index in [0.29, 0.717) is 0 Å². The highest BCUT2D eigenvalue weighted by molar-refractivity contribution is 5.94. The van der Waals surface area contributed by atoms with Crippen LogP contribution in [0, 0.1) is 5.92 Å². The van der Waals surface area contributed by atoms with Crippen molar-refractivity contribution in [2.75, 3.05) is 7.11 Å². The molecule has 3 aliphatic heterocycles. The highest BCUT2D eigenvalue weighted by atomic mass is 19.4. The summed E-state index contributed by atoms with van der Waals surface area (Å²) in [7, 11) is 0.781. The van der Waals surface area contributed by atoms with Gasteiger partial charge in [0.15, 0.2) is 11.4 Å². The molecule has 0 saturated carbocycles. The van der Waals surface area contributed by atoms with Gasteiger partial charge in [-0.3, -0.25) is 9.59 Å². The van der Waals surface area contributed by atoms with Crippen LogP contribution in [0.15, 0.2) is 42.5 Å². The maximum absolute atomic E-state index is 14.8. The number of hydrogen-bond acceptors (Lipinski definition) is 9. The molecule has 3 heterocycles. The van der Waals surface area contributed by atoms with Gasteiger partial charge in [0, 0.05) is 31.6 Å². The Labute approximate surface area is 254 Å². The molecule has 1 aromatic rings. The number of carbonyl (C=O) groups is 4. The average molecular weight is 625 g/mol. The molecule has 12 heteroatoms. The Bertz CT molecular complexity index is 1310. The summed E-state index contributed by atoms with van der Waals surface area (Å²) >= 11 is 0. The predicted octanol–water partition coefficient (Wildman–Crippen LogP) is 5.28. The molecule has 44 heavy (non-hydrogen) atoms. The number of ether oxygens (including phenoxy) is 5. The van der Waals surface area contributed by atoms with E-state index in [1.807, 2.05) is 0 Å². The van der Waals surface area contributed by atoms with Crippen LogP contribution in [0.3, 0.4) is 0 Å². The highest BCUT2D eigenvalue weighted by Gasteiger charge is 2.65. The summed E-state index contributed by atoms with van der Waals surface area (Å²) in [6.45, 7) is 9.88. The highest BCUT2D eigenvalue weighted by Crippen LogP contribution is 2.49. The molecule has 1 aromatic carbocycles. The zero-order valence-electron chi connectivity index (χ0n) is 25.6. The van der Waals surface area contributed by atoms with E-state index < -0.39 is 70.2 Å². The summed E-state index contributed by atoms with van der Waals surface area (Å²) in [5.41, 5.74) is -8.13. The van der Waals surface area contributed by atoms with E-state index in [1.54, 1.807) is 13.8 Å². The number of rotatable bonds is 5. The fourth-order valence-electron chi connectivity index (χ4n) is 6.67. The number of alkyl halides is 3. The van der Waals surface area contributed by atoms with Crippen LogP contribution in [0.25, 0.3) is 0 Å². The molecule has 0 spiro atoms. The third-order valence-corrected chi connectivity index (χ3v) is 9.44. The molecule has 0 unspecified atom stereocenters. The first kappa shape index (κ1) is 33.6. The molecule has 0 radical (unpaired) electrons. The summed E-state index contributed by atoms with van der Waals surface area (Å²) in [4.78, 5) is 52.4. The topological polar surface area (TPSA) is 114 Å². The van der Waals surface area contributed by atoms with E-state index in [2.05, 4.69) is 6.58 Å². The molecule has 7 atom stereocenters. The lowest BCUT2D eigenvalue weighted by molar-refractivity contribution is -0.292. The van der Waals surface area contributed by atoms with E-state index in [1.165, 1.54) is 32.0 Å². The molecule has 0 aromatic heterocycles. The van der Waals surface area contributed by atoms with Crippen molar-refractivity contribution in [1.82, 2.24) is 0 Å². The number of esters is 3. The second-order valence-electron chi connectivity index (χ2n) is 12.5. The zero-order chi connectivity index (χ0) is 32.7. The first-order valence-corrected chi connectivity index (χ1v) is 14.6. The van der Waals surface area contributed by atoms with Crippen molar-refractivity contribution >= 4 is 23.7 Å². The fourth-order valence-corrected chi connectivity index (χ4v) is 6.67. The maximum Gasteiger partial charge on any atom is 0.432 e. The Balaban J connectivity index is 1.83. The Kier molecular flexibility index (Phi) is 9.12. The van der Waals surface area contributed by atoms with Crippen LogP contribution in [0.2, 0.25) is 0 Å². The Hall–Kier alpha value is -3.25. The van der Waals surface area contributed by atoms with Gasteiger partial charge >= 0.3 is 24.1 Å². The molecule has 0 amide bonds. The van der Waals surface area contributed by atoms with E-state index in [4.69, 9.17) is 23.7 Å². The van der Waals surface area contributed by atoms with Crippen molar-refractivity contribution in [3.05, 3.63) is 48.0 Å². The van der Waals surface area contributed by atoms with Crippen molar-refractivity contribution in [3.8, 4) is 0 Å². The first-order chi connectivity index (χ1) is 20.4. The van der Waals surface area contributed by atoms with Crippen molar-refractivity contribution in [2.45, 2.75) is 113 Å². The Morgan fingerprint density at radius 2 is 1.59 bits per heavy atom. The fraction of sp³-hybridized carbons (Fsp3) is 0.625. The normalized spacial score (nSPS) is 34.5. The summed E-state index contributed by atoms with van der Waals surface area (Å²) in [5, 5.41) is 0. The number of methoxy groups -OCH3 is 1. The summed E-state index contributed by atoms with van der Waals surface area (Å²) in [6, 6.07) is 6.46. The summed E-state index contributed by atoms with van der Waals surface area (Å²) in [5.74, 6) is -4.15. The second kappa shape index (κ2) is 11.9. The number of hydrogen-bond donors (Lipinski definition) is 0. The van der Waals surface area contributed by atoms with Crippen LogP contribution in [-0.4, -0.2) is 66.0 Å². The molecule has 242 valence electrons. The van der Waals surface area contributed by atoms with Crippen LogP contribution < -0.4 is 0 Å². The predicted molar refractivity (Wildman–Crippen MR) is 149 cm³/mol. The van der Waals surface area contributed by atoms with Gasteiger partial charge in [0.25, 0.3) is 5.60 Å². The molecule has 9 nitrogen and oxygen atoms in total. The Morgan fingerprint density at radius 3 is 2.18 bits per heavy atom. The maximum atomic E-state index is 14.8. The number of Topliss-reactive ketones (excluding diaryl/α,β-unsaturated/α-hetero) is 1. The molecule has 3 fully saturated rings. The molecule has 3 saturated heterocycles. The molecule has 0 N–H and O–H groups in total. The number of ketones is 1. The molecule has 4 bridgehead atoms. The molecule has 0 aliphatic carbocycles. The van der Waals surface area contributed by atoms with Gasteiger partial charge in [0.1, 0.15) is 23.4 Å². The van der Waals surface area contributed by atoms with Crippen LogP contribution >= 0.6 is 0 Å². The lowest BCUT2D eigenvalue weighted by atomic mass is 9.74. The smallest absolute Gasteiger partial charge is 0.432 e. The monoisotopic (exact) mass is 624 g/mol. The van der Waals surface area contributed by atoms with Gasteiger partial charge in [-0.2, -0.15) is 13.2 Å². The number of halogens is 3. The zero-order valence-corrected chi connectivity index (χ0v) is 25.6. The van der Waals surface area contributed by atoms with E-state index in [9.17, 15) is 32.3 Å². The number of carbonyl (C=O) groups excluding carboxylic acids is 4. The average Bonchev–Trinajstić information content (AvgIpc) is 3.04. The standard InChI is InChI=1S/C32H39F3O9/c1-19-21-12-15-28(3,43-26(19)38)23(37)13-16-29(4)24(41-20(2)36)14-17-30(5,44-29)25(18-21)42-27(39)31(40-6,32(33,34)35)22-10-8-7-9-11-22/h7-11,21,24-25H,1,12-18H2,2-6H3/t21-,24+,25+,28-,29-,30-,31-/m1/s1. The Morgan fingerprint density at radius 1 is 0.955 bits per heavy atom.